The van der Waals surface area contributed by atoms with Gasteiger partial charge in [0, 0.05) is 0 Å². The summed E-state index contributed by atoms with van der Waals surface area (Å²) >= 11 is 0. The van der Waals surface area contributed by atoms with Crippen LogP contribution in [0.1, 0.15) is 38.3 Å². The van der Waals surface area contributed by atoms with Crippen molar-refractivity contribution < 1.29 is 13.2 Å². The number of benzene rings is 1. The Kier molecular flexibility index (Phi) is 3.19. The van der Waals surface area contributed by atoms with Crippen molar-refractivity contribution in [2.75, 3.05) is 6.61 Å². The fourth-order valence-corrected chi connectivity index (χ4v) is 5.20. The minimum atomic E-state index is -3.51. The summed E-state index contributed by atoms with van der Waals surface area (Å²) in [6, 6.07) is 5.54. The van der Waals surface area contributed by atoms with Gasteiger partial charge in [-0.2, -0.15) is 4.31 Å². The number of nitrogens with zero attached hydrogens (tertiary/aromatic N) is 1. The van der Waals surface area contributed by atoms with E-state index < -0.39 is 21.8 Å². The molecule has 20 heavy (non-hydrogen) atoms. The molecule has 0 aromatic heterocycles. The van der Waals surface area contributed by atoms with Gasteiger partial charge in [-0.1, -0.05) is 6.07 Å². The molecule has 1 aromatic rings. The molecule has 1 heterocycles. The van der Waals surface area contributed by atoms with E-state index in [1.807, 2.05) is 26.0 Å². The van der Waals surface area contributed by atoms with Gasteiger partial charge >= 0.3 is 0 Å². The van der Waals surface area contributed by atoms with E-state index in [-0.39, 0.29) is 0 Å². The van der Waals surface area contributed by atoms with Gasteiger partial charge in [0.2, 0.25) is 10.0 Å². The molecule has 110 valence electrons. The van der Waals surface area contributed by atoms with Gasteiger partial charge in [0.15, 0.2) is 0 Å². The molecule has 2 aliphatic rings. The van der Waals surface area contributed by atoms with E-state index >= 15 is 0 Å². The maximum atomic E-state index is 12.9. The van der Waals surface area contributed by atoms with Crippen LogP contribution in [-0.2, 0) is 27.6 Å². The van der Waals surface area contributed by atoms with E-state index in [9.17, 15) is 8.42 Å². The Morgan fingerprint density at radius 3 is 2.60 bits per heavy atom. The molecule has 1 atom stereocenters. The molecule has 0 bridgehead atoms. The van der Waals surface area contributed by atoms with E-state index in [0.29, 0.717) is 11.5 Å². The Hall–Kier alpha value is -0.910. The van der Waals surface area contributed by atoms with Gasteiger partial charge < -0.3 is 4.74 Å². The molecule has 0 amide bonds. The topological polar surface area (TPSA) is 46.6 Å². The highest BCUT2D eigenvalue weighted by Gasteiger charge is 2.46. The fraction of sp³-hybridized carbons (Fsp3) is 0.600. The maximum Gasteiger partial charge on any atom is 0.245 e. The summed E-state index contributed by atoms with van der Waals surface area (Å²) in [4.78, 5) is 0.392. The third kappa shape index (κ3) is 2.08. The van der Waals surface area contributed by atoms with Gasteiger partial charge in [-0.25, -0.2) is 8.42 Å². The van der Waals surface area contributed by atoms with E-state index in [0.717, 1.165) is 19.3 Å². The zero-order valence-electron chi connectivity index (χ0n) is 12.2. The number of hydrogen-bond acceptors (Lipinski definition) is 3. The highest BCUT2D eigenvalue weighted by Crippen LogP contribution is 2.34. The molecule has 0 spiro atoms. The third-order valence-corrected chi connectivity index (χ3v) is 6.39. The first-order valence-corrected chi connectivity index (χ1v) is 8.54. The summed E-state index contributed by atoms with van der Waals surface area (Å²) in [7, 11) is -3.51. The molecule has 4 nitrogen and oxygen atoms in total. The lowest BCUT2D eigenvalue weighted by Gasteiger charge is -2.31. The summed E-state index contributed by atoms with van der Waals surface area (Å²) < 4.78 is 32.8. The first kappa shape index (κ1) is 14.0. The Morgan fingerprint density at radius 2 is 1.95 bits per heavy atom. The van der Waals surface area contributed by atoms with Crippen LogP contribution < -0.4 is 0 Å². The second-order valence-corrected chi connectivity index (χ2v) is 8.12. The van der Waals surface area contributed by atoms with E-state index in [4.69, 9.17) is 4.74 Å². The smallest absolute Gasteiger partial charge is 0.245 e. The van der Waals surface area contributed by atoms with E-state index in [1.165, 1.54) is 15.4 Å². The van der Waals surface area contributed by atoms with Crippen molar-refractivity contribution in [1.29, 1.82) is 0 Å². The van der Waals surface area contributed by atoms with Crippen LogP contribution in [0, 0.1) is 0 Å². The number of aryl methyl sites for hydroxylation is 2. The molecule has 0 radical (unpaired) electrons. The average molecular weight is 295 g/mol. The third-order valence-electron chi connectivity index (χ3n) is 4.23. The minimum Gasteiger partial charge on any atom is -0.360 e. The maximum absolute atomic E-state index is 12.9. The van der Waals surface area contributed by atoms with Crippen LogP contribution in [-0.4, -0.2) is 31.1 Å². The largest absolute Gasteiger partial charge is 0.360 e. The molecule has 1 aliphatic carbocycles. The predicted molar refractivity (Wildman–Crippen MR) is 77.0 cm³/mol. The molecule has 5 heteroatoms. The Labute approximate surface area is 120 Å². The number of fused-ring (bicyclic) bond motifs is 1. The van der Waals surface area contributed by atoms with Crippen LogP contribution >= 0.6 is 0 Å². The van der Waals surface area contributed by atoms with Gasteiger partial charge in [-0.3, -0.25) is 0 Å². The summed E-state index contributed by atoms with van der Waals surface area (Å²) in [5.74, 6) is 0. The van der Waals surface area contributed by atoms with Crippen LogP contribution in [0.25, 0.3) is 0 Å². The molecule has 3 rings (SSSR count). The second kappa shape index (κ2) is 4.55. The Bertz CT molecular complexity index is 637. The van der Waals surface area contributed by atoms with E-state index in [2.05, 4.69) is 0 Å². The molecule has 0 saturated carbocycles. The standard InChI is InChI=1S/C15H21NO3S/c1-11-16(15(2,3)10-19-11)20(17,18)14-8-7-12-5-4-6-13(12)9-14/h7-9,11H,4-6,10H2,1-3H3. The quantitative estimate of drug-likeness (QED) is 0.841. The van der Waals surface area contributed by atoms with Crippen LogP contribution in [0.2, 0.25) is 0 Å². The molecule has 1 saturated heterocycles. The first-order chi connectivity index (χ1) is 9.32. The monoisotopic (exact) mass is 295 g/mol. The van der Waals surface area contributed by atoms with Gasteiger partial charge in [0.05, 0.1) is 17.0 Å². The first-order valence-electron chi connectivity index (χ1n) is 7.10. The number of rotatable bonds is 2. The molecular weight excluding hydrogens is 274 g/mol. The van der Waals surface area contributed by atoms with Crippen LogP contribution in [0.15, 0.2) is 23.1 Å². The Balaban J connectivity index is 2.04. The van der Waals surface area contributed by atoms with Crippen molar-refractivity contribution in [3.8, 4) is 0 Å². The summed E-state index contributed by atoms with van der Waals surface area (Å²) in [5.41, 5.74) is 1.96. The number of hydrogen-bond donors (Lipinski definition) is 0. The van der Waals surface area contributed by atoms with E-state index in [1.54, 1.807) is 13.0 Å². The van der Waals surface area contributed by atoms with Gasteiger partial charge in [-0.05, 0) is 63.3 Å². The zero-order valence-corrected chi connectivity index (χ0v) is 13.0. The highest BCUT2D eigenvalue weighted by molar-refractivity contribution is 7.89. The van der Waals surface area contributed by atoms with Crippen molar-refractivity contribution >= 4 is 10.0 Å². The second-order valence-electron chi connectivity index (χ2n) is 6.31. The molecular formula is C15H21NO3S. The Morgan fingerprint density at radius 1 is 1.25 bits per heavy atom. The molecule has 1 aliphatic heterocycles. The SMILES string of the molecule is CC1OCC(C)(C)N1S(=O)(=O)c1ccc2c(c1)CCC2. The van der Waals surface area contributed by atoms with Crippen molar-refractivity contribution in [3.63, 3.8) is 0 Å². The van der Waals surface area contributed by atoms with Crippen molar-refractivity contribution in [2.24, 2.45) is 0 Å². The van der Waals surface area contributed by atoms with Gasteiger partial charge in [0.1, 0.15) is 6.23 Å². The fourth-order valence-electron chi connectivity index (χ4n) is 3.29. The lowest BCUT2D eigenvalue weighted by Crippen LogP contribution is -2.47. The molecule has 1 fully saturated rings. The summed E-state index contributed by atoms with van der Waals surface area (Å²) in [6.07, 6.45) is 2.75. The lowest BCUT2D eigenvalue weighted by molar-refractivity contribution is 0.0843. The number of ether oxygens (including phenoxy) is 1. The van der Waals surface area contributed by atoms with Gasteiger partial charge in [0.25, 0.3) is 0 Å². The van der Waals surface area contributed by atoms with Crippen LogP contribution in [0.4, 0.5) is 0 Å². The summed E-state index contributed by atoms with van der Waals surface area (Å²) in [6.45, 7) is 6.03. The van der Waals surface area contributed by atoms with Gasteiger partial charge in [-0.15, -0.1) is 0 Å². The molecule has 0 N–H and O–H groups in total. The minimum absolute atomic E-state index is 0.392. The predicted octanol–water partition coefficient (Wildman–Crippen LogP) is 2.32. The van der Waals surface area contributed by atoms with Crippen molar-refractivity contribution in [3.05, 3.63) is 29.3 Å². The normalized spacial score (nSPS) is 25.9. The summed E-state index contributed by atoms with van der Waals surface area (Å²) in [5, 5.41) is 0. The van der Waals surface area contributed by atoms with Crippen molar-refractivity contribution in [1.82, 2.24) is 4.31 Å². The lowest BCUT2D eigenvalue weighted by atomic mass is 10.1. The molecule has 1 aromatic carbocycles. The molecule has 1 unspecified atom stereocenters. The number of sulfonamides is 1. The average Bonchev–Trinajstić information content (AvgIpc) is 2.92. The highest BCUT2D eigenvalue weighted by atomic mass is 32.2. The van der Waals surface area contributed by atoms with Crippen LogP contribution in [0.5, 0.6) is 0 Å². The van der Waals surface area contributed by atoms with Crippen LogP contribution in [0.3, 0.4) is 0 Å². The zero-order chi connectivity index (χ0) is 14.5. The van der Waals surface area contributed by atoms with Crippen molar-refractivity contribution in [2.45, 2.75) is 56.7 Å².